The van der Waals surface area contributed by atoms with Crippen molar-refractivity contribution < 1.29 is 13.2 Å². The molecule has 0 radical (unpaired) electrons. The summed E-state index contributed by atoms with van der Waals surface area (Å²) in [6.45, 7) is 3.09. The van der Waals surface area contributed by atoms with Crippen molar-refractivity contribution in [1.29, 1.82) is 0 Å². The number of carbonyl (C=O) groups is 1. The van der Waals surface area contributed by atoms with Gasteiger partial charge >= 0.3 is 0 Å². The van der Waals surface area contributed by atoms with E-state index in [9.17, 15) is 13.2 Å². The third-order valence-corrected chi connectivity index (χ3v) is 3.65. The van der Waals surface area contributed by atoms with Crippen molar-refractivity contribution in [2.24, 2.45) is 0 Å². The molecule has 0 N–H and O–H groups in total. The standard InChI is InChI=1S/C7H6O2S.C2H3ClO/c1-5-2-3-6-4-7(5)10(6,8)9;1-2(3)4/h2-4H,1H3;1H3. The van der Waals surface area contributed by atoms with Crippen molar-refractivity contribution in [3.05, 3.63) is 23.8 Å². The van der Waals surface area contributed by atoms with E-state index in [0.29, 0.717) is 9.79 Å². The largest absolute Gasteiger partial charge is 0.282 e. The van der Waals surface area contributed by atoms with Gasteiger partial charge in [0.25, 0.3) is 0 Å². The first-order valence-electron chi connectivity index (χ1n) is 3.87. The lowest BCUT2D eigenvalue weighted by Gasteiger charge is -2.16. The molecular weight excluding hydrogens is 224 g/mol. The second kappa shape index (κ2) is 3.71. The summed E-state index contributed by atoms with van der Waals surface area (Å²) in [4.78, 5) is 10.2. The predicted molar refractivity (Wildman–Crippen MR) is 53.2 cm³/mol. The van der Waals surface area contributed by atoms with Crippen molar-refractivity contribution >= 4 is 26.7 Å². The molecule has 76 valence electrons. The van der Waals surface area contributed by atoms with Crippen molar-refractivity contribution in [2.75, 3.05) is 0 Å². The normalized spacial score (nSPS) is 14.8. The molecule has 0 unspecified atom stereocenters. The van der Waals surface area contributed by atoms with E-state index in [0.717, 1.165) is 5.56 Å². The molecule has 0 fully saturated rings. The Morgan fingerprint density at radius 3 is 2.07 bits per heavy atom. The maximum absolute atomic E-state index is 11.1. The molecule has 2 aliphatic heterocycles. The van der Waals surface area contributed by atoms with Gasteiger partial charge in [0.1, 0.15) is 0 Å². The predicted octanol–water partition coefficient (Wildman–Crippen LogP) is 1.91. The van der Waals surface area contributed by atoms with Crippen LogP contribution in [0.5, 0.6) is 0 Å². The van der Waals surface area contributed by atoms with Crippen LogP contribution in [0.4, 0.5) is 0 Å². The molecule has 0 spiro atoms. The molecule has 3 nitrogen and oxygen atoms in total. The minimum atomic E-state index is -2.96. The molecular formula is C9H9ClO3S. The van der Waals surface area contributed by atoms with Gasteiger partial charge in [-0.15, -0.1) is 0 Å². The van der Waals surface area contributed by atoms with E-state index in [4.69, 9.17) is 0 Å². The molecule has 0 saturated heterocycles. The zero-order valence-corrected chi connectivity index (χ0v) is 9.32. The van der Waals surface area contributed by atoms with E-state index in [2.05, 4.69) is 11.6 Å². The van der Waals surface area contributed by atoms with Crippen LogP contribution in [0.25, 0.3) is 0 Å². The van der Waals surface area contributed by atoms with Gasteiger partial charge in [-0.1, -0.05) is 6.07 Å². The molecule has 5 heteroatoms. The first kappa shape index (κ1) is 11.2. The van der Waals surface area contributed by atoms with Crippen LogP contribution in [-0.2, 0) is 14.6 Å². The number of hydrogen-bond donors (Lipinski definition) is 0. The fraction of sp³-hybridized carbons (Fsp3) is 0.222. The zero-order valence-electron chi connectivity index (χ0n) is 7.74. The first-order chi connectivity index (χ1) is 6.35. The summed E-state index contributed by atoms with van der Waals surface area (Å²) in [7, 11) is -2.96. The Morgan fingerprint density at radius 1 is 1.36 bits per heavy atom. The lowest BCUT2D eigenvalue weighted by Crippen LogP contribution is -2.13. The minimum absolute atomic E-state index is 0.361. The van der Waals surface area contributed by atoms with Crippen LogP contribution in [0.3, 0.4) is 0 Å². The van der Waals surface area contributed by atoms with Crippen LogP contribution in [0, 0.1) is 6.92 Å². The highest BCUT2D eigenvalue weighted by atomic mass is 35.5. The smallest absolute Gasteiger partial charge is 0.218 e. The van der Waals surface area contributed by atoms with Crippen LogP contribution < -0.4 is 0 Å². The average Bonchev–Trinajstić information content (AvgIpc) is 2.02. The van der Waals surface area contributed by atoms with Gasteiger partial charge in [0.2, 0.25) is 15.1 Å². The lowest BCUT2D eigenvalue weighted by molar-refractivity contribution is -0.109. The van der Waals surface area contributed by atoms with E-state index in [-0.39, 0.29) is 5.24 Å². The van der Waals surface area contributed by atoms with Gasteiger partial charge < -0.3 is 0 Å². The van der Waals surface area contributed by atoms with Crippen LogP contribution >= 0.6 is 11.6 Å². The van der Waals surface area contributed by atoms with Crippen molar-refractivity contribution in [1.82, 2.24) is 0 Å². The highest BCUT2D eigenvalue weighted by molar-refractivity contribution is 7.92. The third kappa shape index (κ3) is 1.96. The maximum Gasteiger partial charge on any atom is 0.218 e. The SMILES string of the molecule is CC(=O)Cl.Cc1ccc2cc1S2(=O)=O. The van der Waals surface area contributed by atoms with Crippen molar-refractivity contribution in [3.63, 3.8) is 0 Å². The number of halogens is 1. The highest BCUT2D eigenvalue weighted by Crippen LogP contribution is 2.33. The highest BCUT2D eigenvalue weighted by Gasteiger charge is 2.29. The number of fused-ring (bicyclic) bond motifs is 2. The topological polar surface area (TPSA) is 51.2 Å². The van der Waals surface area contributed by atoms with E-state index >= 15 is 0 Å². The van der Waals surface area contributed by atoms with Gasteiger partial charge in [-0.2, -0.15) is 0 Å². The number of sulfone groups is 1. The summed E-state index contributed by atoms with van der Waals surface area (Å²) in [5.41, 5.74) is 0.843. The third-order valence-electron chi connectivity index (χ3n) is 1.76. The molecule has 0 saturated carbocycles. The lowest BCUT2D eigenvalue weighted by atomic mass is 10.2. The van der Waals surface area contributed by atoms with Gasteiger partial charge in [0.15, 0.2) is 0 Å². The second-order valence-electron chi connectivity index (χ2n) is 2.90. The summed E-state index contributed by atoms with van der Waals surface area (Å²) < 4.78 is 22.1. The van der Waals surface area contributed by atoms with Crippen LogP contribution in [0.15, 0.2) is 28.0 Å². The zero-order chi connectivity index (χ0) is 10.9. The molecule has 0 amide bonds. The van der Waals surface area contributed by atoms with Crippen LogP contribution in [0.2, 0.25) is 0 Å². The average molecular weight is 233 g/mol. The molecule has 1 aromatic carbocycles. The van der Waals surface area contributed by atoms with Gasteiger partial charge in [0.05, 0.1) is 9.79 Å². The molecule has 1 aromatic rings. The molecule has 0 aromatic heterocycles. The van der Waals surface area contributed by atoms with Gasteiger partial charge in [0, 0.05) is 6.92 Å². The Hall–Kier alpha value is -0.870. The Bertz CT molecular complexity index is 469. The molecule has 0 aliphatic carbocycles. The molecule has 2 heterocycles. The fourth-order valence-electron chi connectivity index (χ4n) is 1.11. The number of carbonyl (C=O) groups excluding carboxylic acids is 1. The summed E-state index contributed by atoms with van der Waals surface area (Å²) >= 11 is 4.64. The molecule has 0 atom stereocenters. The van der Waals surface area contributed by atoms with Gasteiger partial charge in [-0.3, -0.25) is 4.79 Å². The Balaban J connectivity index is 0.000000213. The Labute approximate surface area is 87.6 Å². The molecule has 2 bridgehead atoms. The fourth-order valence-corrected chi connectivity index (χ4v) is 2.47. The van der Waals surface area contributed by atoms with Gasteiger partial charge in [-0.25, -0.2) is 8.42 Å². The second-order valence-corrected chi connectivity index (χ2v) is 5.35. The van der Waals surface area contributed by atoms with Crippen LogP contribution in [0.1, 0.15) is 12.5 Å². The van der Waals surface area contributed by atoms with Gasteiger partial charge in [-0.05, 0) is 36.2 Å². The Morgan fingerprint density at radius 2 is 1.86 bits per heavy atom. The van der Waals surface area contributed by atoms with E-state index in [1.807, 2.05) is 6.07 Å². The summed E-state index contributed by atoms with van der Waals surface area (Å²) in [5.74, 6) is 0. The number of rotatable bonds is 0. The molecule has 3 rings (SSSR count). The first-order valence-corrected chi connectivity index (χ1v) is 5.73. The minimum Gasteiger partial charge on any atom is -0.282 e. The van der Waals surface area contributed by atoms with E-state index in [1.54, 1.807) is 19.1 Å². The number of aryl methyl sites for hydroxylation is 1. The summed E-state index contributed by atoms with van der Waals surface area (Å²) in [6, 6.07) is 5.16. The van der Waals surface area contributed by atoms with E-state index < -0.39 is 9.84 Å². The maximum atomic E-state index is 11.1. The molecule has 2 aliphatic rings. The number of hydrogen-bond acceptors (Lipinski definition) is 3. The quantitative estimate of drug-likeness (QED) is 0.652. The molecule has 14 heavy (non-hydrogen) atoms. The monoisotopic (exact) mass is 232 g/mol. The van der Waals surface area contributed by atoms with Crippen molar-refractivity contribution in [3.8, 4) is 0 Å². The van der Waals surface area contributed by atoms with Crippen molar-refractivity contribution in [2.45, 2.75) is 23.6 Å². The number of benzene rings is 1. The summed E-state index contributed by atoms with van der Waals surface area (Å²) in [5, 5.41) is -0.361. The Kier molecular flexibility index (Phi) is 2.97. The van der Waals surface area contributed by atoms with Crippen LogP contribution in [-0.4, -0.2) is 13.7 Å². The summed E-state index contributed by atoms with van der Waals surface area (Å²) in [6.07, 6.45) is 0. The van der Waals surface area contributed by atoms with E-state index in [1.165, 1.54) is 6.92 Å².